The topological polar surface area (TPSA) is 24.9 Å². The second-order valence-electron chi connectivity index (χ2n) is 3.44. The van der Waals surface area contributed by atoms with Crippen molar-refractivity contribution in [2.45, 2.75) is 18.8 Å². The Morgan fingerprint density at radius 1 is 1.29 bits per heavy atom. The number of nitrogens with one attached hydrogen (secondary N) is 1. The number of aromatic nitrogens is 1. The van der Waals surface area contributed by atoms with Crippen molar-refractivity contribution >= 4 is 28.3 Å². The number of hydrogen-bond acceptors (Lipinski definition) is 2. The Labute approximate surface area is 99.0 Å². The minimum atomic E-state index is 0. The number of nitrogens with zero attached hydrogens (tertiary/aromatic N) is 1. The van der Waals surface area contributed by atoms with Crippen molar-refractivity contribution in [3.05, 3.63) is 28.5 Å². The second kappa shape index (κ2) is 5.69. The van der Waals surface area contributed by atoms with E-state index < -0.39 is 0 Å². The van der Waals surface area contributed by atoms with Gasteiger partial charge in [0.05, 0.1) is 0 Å². The molecule has 1 saturated heterocycles. The van der Waals surface area contributed by atoms with Gasteiger partial charge < -0.3 is 5.32 Å². The first-order chi connectivity index (χ1) is 6.36. The van der Waals surface area contributed by atoms with Gasteiger partial charge in [0.1, 0.15) is 4.60 Å². The van der Waals surface area contributed by atoms with Crippen LogP contribution in [0.15, 0.2) is 22.9 Å². The van der Waals surface area contributed by atoms with Gasteiger partial charge in [0.15, 0.2) is 0 Å². The van der Waals surface area contributed by atoms with Gasteiger partial charge in [0, 0.05) is 6.20 Å². The quantitative estimate of drug-likeness (QED) is 0.799. The first-order valence-corrected chi connectivity index (χ1v) is 5.48. The third-order valence-electron chi connectivity index (χ3n) is 2.56. The molecular weight excluding hydrogens is 263 g/mol. The zero-order chi connectivity index (χ0) is 9.10. The van der Waals surface area contributed by atoms with Crippen molar-refractivity contribution in [1.29, 1.82) is 0 Å². The molecule has 2 nitrogen and oxygen atoms in total. The standard InChI is InChI=1S/C10H13BrN2.ClH/c11-10-2-1-9(7-13-10)8-3-5-12-6-4-8;/h1-2,7-8,12H,3-6H2;1H. The molecule has 0 spiro atoms. The molecule has 0 unspecified atom stereocenters. The maximum absolute atomic E-state index is 4.25. The van der Waals surface area contributed by atoms with Gasteiger partial charge in [-0.05, 0) is 59.4 Å². The van der Waals surface area contributed by atoms with Crippen LogP contribution in [0, 0.1) is 0 Å². The molecule has 14 heavy (non-hydrogen) atoms. The summed E-state index contributed by atoms with van der Waals surface area (Å²) in [7, 11) is 0. The molecule has 1 aromatic heterocycles. The first kappa shape index (κ1) is 12.0. The van der Waals surface area contributed by atoms with Crippen LogP contribution in [0.4, 0.5) is 0 Å². The van der Waals surface area contributed by atoms with Crippen molar-refractivity contribution in [1.82, 2.24) is 10.3 Å². The molecule has 0 saturated carbocycles. The Balaban J connectivity index is 0.000000980. The van der Waals surface area contributed by atoms with Gasteiger partial charge in [-0.15, -0.1) is 12.4 Å². The summed E-state index contributed by atoms with van der Waals surface area (Å²) in [5.41, 5.74) is 1.38. The average molecular weight is 278 g/mol. The fraction of sp³-hybridized carbons (Fsp3) is 0.500. The molecule has 0 amide bonds. The summed E-state index contributed by atoms with van der Waals surface area (Å²) in [5, 5.41) is 3.37. The molecule has 4 heteroatoms. The highest BCUT2D eigenvalue weighted by Crippen LogP contribution is 2.24. The van der Waals surface area contributed by atoms with Gasteiger partial charge in [-0.3, -0.25) is 0 Å². The van der Waals surface area contributed by atoms with E-state index in [9.17, 15) is 0 Å². The third kappa shape index (κ3) is 2.94. The zero-order valence-corrected chi connectivity index (χ0v) is 10.3. The van der Waals surface area contributed by atoms with E-state index in [4.69, 9.17) is 0 Å². The van der Waals surface area contributed by atoms with Gasteiger partial charge in [-0.25, -0.2) is 4.98 Å². The first-order valence-electron chi connectivity index (χ1n) is 4.68. The molecule has 2 heterocycles. The fourth-order valence-corrected chi connectivity index (χ4v) is 2.02. The second-order valence-corrected chi connectivity index (χ2v) is 4.25. The van der Waals surface area contributed by atoms with E-state index in [0.717, 1.165) is 17.7 Å². The molecule has 0 aromatic carbocycles. The maximum atomic E-state index is 4.25. The molecule has 0 radical (unpaired) electrons. The largest absolute Gasteiger partial charge is 0.317 e. The summed E-state index contributed by atoms with van der Waals surface area (Å²) in [4.78, 5) is 4.25. The van der Waals surface area contributed by atoms with Crippen LogP contribution in [0.25, 0.3) is 0 Å². The summed E-state index contributed by atoms with van der Waals surface area (Å²) in [6, 6.07) is 4.20. The predicted octanol–water partition coefficient (Wildman–Crippen LogP) is 2.73. The van der Waals surface area contributed by atoms with Crippen LogP contribution in [0.3, 0.4) is 0 Å². The molecule has 1 fully saturated rings. The van der Waals surface area contributed by atoms with E-state index in [0.29, 0.717) is 5.92 Å². The number of piperidine rings is 1. The molecule has 1 N–H and O–H groups in total. The number of rotatable bonds is 1. The van der Waals surface area contributed by atoms with Gasteiger partial charge in [0.25, 0.3) is 0 Å². The van der Waals surface area contributed by atoms with Crippen molar-refractivity contribution in [2.24, 2.45) is 0 Å². The highest BCUT2D eigenvalue weighted by Gasteiger charge is 2.14. The number of halogens is 2. The Morgan fingerprint density at radius 2 is 2.00 bits per heavy atom. The highest BCUT2D eigenvalue weighted by atomic mass is 79.9. The van der Waals surface area contributed by atoms with E-state index in [1.807, 2.05) is 12.3 Å². The normalized spacial score (nSPS) is 17.5. The molecule has 1 aromatic rings. The van der Waals surface area contributed by atoms with Gasteiger partial charge in [-0.2, -0.15) is 0 Å². The van der Waals surface area contributed by atoms with E-state index in [1.54, 1.807) is 0 Å². The Bertz CT molecular complexity index is 270. The number of pyridine rings is 1. The zero-order valence-electron chi connectivity index (χ0n) is 7.87. The number of hydrogen-bond donors (Lipinski definition) is 1. The van der Waals surface area contributed by atoms with Gasteiger partial charge in [-0.1, -0.05) is 6.07 Å². The van der Waals surface area contributed by atoms with Crippen molar-refractivity contribution in [3.63, 3.8) is 0 Å². The molecule has 0 atom stereocenters. The third-order valence-corrected chi connectivity index (χ3v) is 3.03. The van der Waals surface area contributed by atoms with Crippen LogP contribution in [-0.2, 0) is 0 Å². The summed E-state index contributed by atoms with van der Waals surface area (Å²) >= 11 is 3.35. The molecule has 2 rings (SSSR count). The summed E-state index contributed by atoms with van der Waals surface area (Å²) < 4.78 is 0.921. The van der Waals surface area contributed by atoms with Crippen molar-refractivity contribution in [2.75, 3.05) is 13.1 Å². The summed E-state index contributed by atoms with van der Waals surface area (Å²) in [6.45, 7) is 2.28. The van der Waals surface area contributed by atoms with Crippen LogP contribution in [0.2, 0.25) is 0 Å². The molecule has 0 aliphatic carbocycles. The fourth-order valence-electron chi connectivity index (χ4n) is 1.78. The lowest BCUT2D eigenvalue weighted by Gasteiger charge is -2.22. The van der Waals surface area contributed by atoms with Crippen LogP contribution >= 0.6 is 28.3 Å². The Morgan fingerprint density at radius 3 is 2.57 bits per heavy atom. The molecular formula is C10H14BrClN2. The highest BCUT2D eigenvalue weighted by molar-refractivity contribution is 9.10. The van der Waals surface area contributed by atoms with E-state index in [1.165, 1.54) is 18.4 Å². The molecule has 78 valence electrons. The molecule has 1 aliphatic heterocycles. The minimum Gasteiger partial charge on any atom is -0.317 e. The SMILES string of the molecule is Brc1ccc(C2CCNCC2)cn1.Cl. The van der Waals surface area contributed by atoms with Gasteiger partial charge >= 0.3 is 0 Å². The van der Waals surface area contributed by atoms with Crippen LogP contribution < -0.4 is 5.32 Å². The molecule has 0 bridgehead atoms. The minimum absolute atomic E-state index is 0. The van der Waals surface area contributed by atoms with Crippen LogP contribution in [0.5, 0.6) is 0 Å². The van der Waals surface area contributed by atoms with Crippen molar-refractivity contribution < 1.29 is 0 Å². The van der Waals surface area contributed by atoms with Crippen molar-refractivity contribution in [3.8, 4) is 0 Å². The lowest BCUT2D eigenvalue weighted by atomic mass is 9.91. The molecule has 1 aliphatic rings. The maximum Gasteiger partial charge on any atom is 0.106 e. The monoisotopic (exact) mass is 276 g/mol. The lowest BCUT2D eigenvalue weighted by Crippen LogP contribution is -2.26. The Kier molecular flexibility index (Phi) is 4.85. The Hall–Kier alpha value is -0.120. The summed E-state index contributed by atoms with van der Waals surface area (Å²) in [6.07, 6.45) is 4.46. The smallest absolute Gasteiger partial charge is 0.106 e. The van der Waals surface area contributed by atoms with E-state index >= 15 is 0 Å². The van der Waals surface area contributed by atoms with Crippen LogP contribution in [0.1, 0.15) is 24.3 Å². The van der Waals surface area contributed by atoms with E-state index in [2.05, 4.69) is 32.3 Å². The van der Waals surface area contributed by atoms with E-state index in [-0.39, 0.29) is 12.4 Å². The van der Waals surface area contributed by atoms with Gasteiger partial charge in [0.2, 0.25) is 0 Å². The lowest BCUT2D eigenvalue weighted by molar-refractivity contribution is 0.459. The predicted molar refractivity (Wildman–Crippen MR) is 64.0 cm³/mol. The average Bonchev–Trinajstić information content (AvgIpc) is 2.20. The summed E-state index contributed by atoms with van der Waals surface area (Å²) in [5.74, 6) is 0.710. The van der Waals surface area contributed by atoms with Crippen LogP contribution in [-0.4, -0.2) is 18.1 Å².